The Labute approximate surface area is 129 Å². The van der Waals surface area contributed by atoms with Crippen LogP contribution in [0.2, 0.25) is 0 Å². The van der Waals surface area contributed by atoms with Gasteiger partial charge in [0.05, 0.1) is 25.1 Å². The number of aromatic nitrogens is 2. The van der Waals surface area contributed by atoms with Crippen molar-refractivity contribution in [1.29, 1.82) is 0 Å². The number of esters is 1. The van der Waals surface area contributed by atoms with E-state index in [1.807, 2.05) is 4.57 Å². The van der Waals surface area contributed by atoms with Gasteiger partial charge in [0, 0.05) is 32.4 Å². The molecule has 0 aromatic carbocycles. The average molecular weight is 316 g/mol. The summed E-state index contributed by atoms with van der Waals surface area (Å²) in [4.78, 5) is 15.6. The number of thioether (sulfide) groups is 1. The van der Waals surface area contributed by atoms with E-state index in [1.54, 1.807) is 32.0 Å². The number of carbonyl (C=O) groups is 1. The largest absolute Gasteiger partial charge is 0.466 e. The molecule has 0 aliphatic heterocycles. The lowest BCUT2D eigenvalue weighted by molar-refractivity contribution is -0.143. The molecular formula is C14H24N2O4S. The first-order valence-electron chi connectivity index (χ1n) is 7.15. The molecule has 1 aromatic rings. The molecule has 0 saturated carbocycles. The van der Waals surface area contributed by atoms with E-state index in [1.165, 1.54) is 0 Å². The van der Waals surface area contributed by atoms with E-state index < -0.39 is 0 Å². The van der Waals surface area contributed by atoms with Crippen molar-refractivity contribution >= 4 is 17.7 Å². The van der Waals surface area contributed by atoms with E-state index in [2.05, 4.69) is 4.98 Å². The van der Waals surface area contributed by atoms with E-state index in [-0.39, 0.29) is 12.6 Å². The van der Waals surface area contributed by atoms with Crippen LogP contribution in [0.3, 0.4) is 0 Å². The molecule has 0 spiro atoms. The molecule has 21 heavy (non-hydrogen) atoms. The zero-order chi connectivity index (χ0) is 15.5. The number of hydrogen-bond donors (Lipinski definition) is 1. The Morgan fingerprint density at radius 3 is 2.95 bits per heavy atom. The van der Waals surface area contributed by atoms with Gasteiger partial charge in [-0.3, -0.25) is 4.79 Å². The highest BCUT2D eigenvalue weighted by atomic mass is 32.2. The summed E-state index contributed by atoms with van der Waals surface area (Å²) in [5.74, 6) is 0.642. The molecule has 0 saturated heterocycles. The number of aliphatic hydroxyl groups is 1. The van der Waals surface area contributed by atoms with Gasteiger partial charge >= 0.3 is 5.97 Å². The van der Waals surface area contributed by atoms with E-state index in [4.69, 9.17) is 9.47 Å². The number of nitrogens with zero attached hydrogens (tertiary/aromatic N) is 2. The molecule has 6 nitrogen and oxygen atoms in total. The highest BCUT2D eigenvalue weighted by molar-refractivity contribution is 7.99. The lowest BCUT2D eigenvalue weighted by atomic mass is 10.3. The van der Waals surface area contributed by atoms with Crippen LogP contribution in [-0.2, 0) is 27.4 Å². The standard InChI is InChI=1S/C14H24N2O4S/c1-3-20-13(18)6-4-9-21-14-15-10-12(11-17)16(14)7-5-8-19-2/h10,17H,3-9,11H2,1-2H3. The molecule has 1 heterocycles. The van der Waals surface area contributed by atoms with Gasteiger partial charge in [0.2, 0.25) is 0 Å². The zero-order valence-corrected chi connectivity index (χ0v) is 13.5. The highest BCUT2D eigenvalue weighted by Gasteiger charge is 2.10. The zero-order valence-electron chi connectivity index (χ0n) is 12.7. The van der Waals surface area contributed by atoms with Crippen molar-refractivity contribution in [3.8, 4) is 0 Å². The molecule has 1 N–H and O–H groups in total. The maximum atomic E-state index is 11.2. The fourth-order valence-corrected chi connectivity index (χ4v) is 2.82. The minimum absolute atomic E-state index is 0.0244. The number of aliphatic hydroxyl groups excluding tert-OH is 1. The molecule has 0 fully saturated rings. The Balaban J connectivity index is 2.42. The van der Waals surface area contributed by atoms with Crippen molar-refractivity contribution in [3.05, 3.63) is 11.9 Å². The fraction of sp³-hybridized carbons (Fsp3) is 0.714. The summed E-state index contributed by atoms with van der Waals surface area (Å²) < 4.78 is 11.9. The number of carbonyl (C=O) groups excluding carboxylic acids is 1. The number of rotatable bonds is 11. The molecule has 0 aliphatic carbocycles. The maximum Gasteiger partial charge on any atom is 0.305 e. The summed E-state index contributed by atoms with van der Waals surface area (Å²) in [6.45, 7) is 3.65. The van der Waals surface area contributed by atoms with Crippen LogP contribution in [0.4, 0.5) is 0 Å². The third kappa shape index (κ3) is 6.50. The van der Waals surface area contributed by atoms with Gasteiger partial charge in [-0.15, -0.1) is 0 Å². The van der Waals surface area contributed by atoms with Crippen LogP contribution in [-0.4, -0.2) is 46.7 Å². The Morgan fingerprint density at radius 2 is 2.29 bits per heavy atom. The van der Waals surface area contributed by atoms with Gasteiger partial charge in [0.15, 0.2) is 5.16 Å². The molecule has 0 unspecified atom stereocenters. The van der Waals surface area contributed by atoms with Crippen LogP contribution < -0.4 is 0 Å². The van der Waals surface area contributed by atoms with Crippen molar-refractivity contribution < 1.29 is 19.4 Å². The summed E-state index contributed by atoms with van der Waals surface area (Å²) in [7, 11) is 1.67. The lowest BCUT2D eigenvalue weighted by Gasteiger charge is -2.10. The average Bonchev–Trinajstić information content (AvgIpc) is 2.86. The lowest BCUT2D eigenvalue weighted by Crippen LogP contribution is -2.07. The Hall–Kier alpha value is -1.05. The number of ether oxygens (including phenoxy) is 2. The van der Waals surface area contributed by atoms with Crippen molar-refractivity contribution in [1.82, 2.24) is 9.55 Å². The molecule has 0 atom stereocenters. The van der Waals surface area contributed by atoms with Gasteiger partial charge in [-0.25, -0.2) is 4.98 Å². The second kappa shape index (κ2) is 10.6. The van der Waals surface area contributed by atoms with Gasteiger partial charge in [0.1, 0.15) is 0 Å². The van der Waals surface area contributed by atoms with Gasteiger partial charge in [-0.1, -0.05) is 11.8 Å². The van der Waals surface area contributed by atoms with E-state index >= 15 is 0 Å². The molecule has 0 amide bonds. The predicted molar refractivity (Wildman–Crippen MR) is 81.2 cm³/mol. The van der Waals surface area contributed by atoms with Crippen LogP contribution in [0.15, 0.2) is 11.4 Å². The fourth-order valence-electron chi connectivity index (χ4n) is 1.85. The monoisotopic (exact) mass is 316 g/mol. The van der Waals surface area contributed by atoms with Gasteiger partial charge in [0.25, 0.3) is 0 Å². The van der Waals surface area contributed by atoms with Crippen LogP contribution >= 0.6 is 11.8 Å². The third-order valence-electron chi connectivity index (χ3n) is 2.86. The van der Waals surface area contributed by atoms with Gasteiger partial charge < -0.3 is 19.1 Å². The van der Waals surface area contributed by atoms with Crippen LogP contribution in [0.25, 0.3) is 0 Å². The molecule has 0 bridgehead atoms. The van der Waals surface area contributed by atoms with E-state index in [9.17, 15) is 9.90 Å². The molecule has 120 valence electrons. The summed E-state index contributed by atoms with van der Waals surface area (Å²) in [5, 5.41) is 10.2. The van der Waals surface area contributed by atoms with E-state index in [0.717, 1.165) is 36.0 Å². The van der Waals surface area contributed by atoms with E-state index in [0.29, 0.717) is 19.6 Å². The first-order valence-corrected chi connectivity index (χ1v) is 8.14. The normalized spacial score (nSPS) is 10.8. The minimum atomic E-state index is -0.155. The molecule has 0 aliphatic rings. The number of hydrogen-bond acceptors (Lipinski definition) is 6. The SMILES string of the molecule is CCOC(=O)CCCSc1ncc(CO)n1CCCOC. The second-order valence-corrected chi connectivity index (χ2v) is 5.51. The first-order chi connectivity index (χ1) is 10.2. The van der Waals surface area contributed by atoms with Crippen LogP contribution in [0.5, 0.6) is 0 Å². The highest BCUT2D eigenvalue weighted by Crippen LogP contribution is 2.20. The molecule has 7 heteroatoms. The van der Waals surface area contributed by atoms with Gasteiger partial charge in [-0.05, 0) is 19.8 Å². The van der Waals surface area contributed by atoms with Crippen molar-refractivity contribution in [2.45, 2.75) is 44.5 Å². The minimum Gasteiger partial charge on any atom is -0.466 e. The van der Waals surface area contributed by atoms with Crippen molar-refractivity contribution in [2.24, 2.45) is 0 Å². The third-order valence-corrected chi connectivity index (χ3v) is 3.93. The van der Waals surface area contributed by atoms with Gasteiger partial charge in [-0.2, -0.15) is 0 Å². The Kier molecular flexibility index (Phi) is 9.12. The first kappa shape index (κ1) is 18.0. The summed E-state index contributed by atoms with van der Waals surface area (Å²) >= 11 is 1.59. The quantitative estimate of drug-likeness (QED) is 0.381. The van der Waals surface area contributed by atoms with Crippen molar-refractivity contribution in [3.63, 3.8) is 0 Å². The maximum absolute atomic E-state index is 11.2. The molecule has 1 rings (SSSR count). The van der Waals surface area contributed by atoms with Crippen molar-refractivity contribution in [2.75, 3.05) is 26.1 Å². The van der Waals surface area contributed by atoms with Crippen LogP contribution in [0.1, 0.15) is 31.9 Å². The number of imidazole rings is 1. The molecule has 0 radical (unpaired) electrons. The van der Waals surface area contributed by atoms with Crippen LogP contribution in [0, 0.1) is 0 Å². The predicted octanol–water partition coefficient (Wildman–Crippen LogP) is 1.85. The smallest absolute Gasteiger partial charge is 0.305 e. The summed E-state index contributed by atoms with van der Waals surface area (Å²) in [6, 6.07) is 0. The number of methoxy groups -OCH3 is 1. The molecular weight excluding hydrogens is 292 g/mol. The topological polar surface area (TPSA) is 73.6 Å². The second-order valence-electron chi connectivity index (χ2n) is 4.45. The summed E-state index contributed by atoms with van der Waals surface area (Å²) in [5.41, 5.74) is 0.805. The Bertz CT molecular complexity index is 423. The Morgan fingerprint density at radius 1 is 1.48 bits per heavy atom. The summed E-state index contributed by atoms with van der Waals surface area (Å²) in [6.07, 6.45) is 3.75. The molecule has 1 aromatic heterocycles.